The van der Waals surface area contributed by atoms with Crippen molar-refractivity contribution in [3.05, 3.63) is 59.9 Å². The standard InChI is InChI=1S/C17H15Cl3FN3O2S/c1-26-13-4-2-3-10(9-13)14(25)23-15(17(18,19)20)24-16(27)22-12-7-5-11(21)6-8-12/h2-9,15H,1H3,(H,23,25)(H2,22,24,27)/t15-/m1/s1. The normalized spacial score (nSPS) is 12.0. The van der Waals surface area contributed by atoms with Crippen molar-refractivity contribution >= 4 is 63.7 Å². The minimum Gasteiger partial charge on any atom is -0.497 e. The van der Waals surface area contributed by atoms with Crippen LogP contribution < -0.4 is 20.7 Å². The van der Waals surface area contributed by atoms with E-state index in [2.05, 4.69) is 16.0 Å². The molecule has 0 aliphatic heterocycles. The lowest BCUT2D eigenvalue weighted by molar-refractivity contribution is 0.0934. The van der Waals surface area contributed by atoms with E-state index in [1.54, 1.807) is 24.3 Å². The summed E-state index contributed by atoms with van der Waals surface area (Å²) in [5, 5.41) is 8.16. The Balaban J connectivity index is 2.07. The number of carbonyl (C=O) groups is 1. The molecular weight excluding hydrogens is 436 g/mol. The number of halogens is 4. The van der Waals surface area contributed by atoms with Crippen molar-refractivity contribution in [3.8, 4) is 5.75 Å². The van der Waals surface area contributed by atoms with Crippen LogP contribution in [0.25, 0.3) is 0 Å². The molecular formula is C17H15Cl3FN3O2S. The maximum Gasteiger partial charge on any atom is 0.253 e. The molecule has 144 valence electrons. The maximum absolute atomic E-state index is 13.0. The Morgan fingerprint density at radius 2 is 1.81 bits per heavy atom. The Bertz CT molecular complexity index is 816. The van der Waals surface area contributed by atoms with Crippen molar-refractivity contribution in [2.45, 2.75) is 9.96 Å². The SMILES string of the molecule is COc1cccc(C(=O)N[C@H](NC(=S)Nc2ccc(F)cc2)C(Cl)(Cl)Cl)c1. The van der Waals surface area contributed by atoms with Gasteiger partial charge in [-0.3, -0.25) is 4.79 Å². The summed E-state index contributed by atoms with van der Waals surface area (Å²) in [6, 6.07) is 12.0. The van der Waals surface area contributed by atoms with Gasteiger partial charge in [0.1, 0.15) is 17.7 Å². The molecule has 0 fully saturated rings. The number of thiocarbonyl (C=S) groups is 1. The van der Waals surface area contributed by atoms with E-state index in [9.17, 15) is 9.18 Å². The summed E-state index contributed by atoms with van der Waals surface area (Å²) in [6.07, 6.45) is -1.14. The minimum absolute atomic E-state index is 0.0730. The molecule has 10 heteroatoms. The summed E-state index contributed by atoms with van der Waals surface area (Å²) >= 11 is 23.0. The highest BCUT2D eigenvalue weighted by Crippen LogP contribution is 2.29. The van der Waals surface area contributed by atoms with Crippen LogP contribution in [-0.4, -0.2) is 28.1 Å². The second-order valence-electron chi connectivity index (χ2n) is 5.29. The Morgan fingerprint density at radius 1 is 1.15 bits per heavy atom. The van der Waals surface area contributed by atoms with Gasteiger partial charge >= 0.3 is 0 Å². The van der Waals surface area contributed by atoms with Gasteiger partial charge < -0.3 is 20.7 Å². The van der Waals surface area contributed by atoms with Crippen molar-refractivity contribution in [1.29, 1.82) is 0 Å². The zero-order valence-electron chi connectivity index (χ0n) is 13.9. The highest BCUT2D eigenvalue weighted by atomic mass is 35.6. The number of hydrogen-bond donors (Lipinski definition) is 3. The molecule has 27 heavy (non-hydrogen) atoms. The number of anilines is 1. The molecule has 5 nitrogen and oxygen atoms in total. The molecule has 0 spiro atoms. The van der Waals surface area contributed by atoms with Crippen molar-refractivity contribution in [1.82, 2.24) is 10.6 Å². The molecule has 3 N–H and O–H groups in total. The molecule has 0 unspecified atom stereocenters. The number of nitrogens with one attached hydrogen (secondary N) is 3. The van der Waals surface area contributed by atoms with E-state index in [1.165, 1.54) is 31.4 Å². The van der Waals surface area contributed by atoms with Crippen LogP contribution in [0.3, 0.4) is 0 Å². The van der Waals surface area contributed by atoms with Gasteiger partial charge in [-0.05, 0) is 54.7 Å². The van der Waals surface area contributed by atoms with Crippen LogP contribution in [-0.2, 0) is 0 Å². The third kappa shape index (κ3) is 6.70. The Morgan fingerprint density at radius 3 is 2.41 bits per heavy atom. The monoisotopic (exact) mass is 449 g/mol. The number of rotatable bonds is 5. The molecule has 0 aromatic heterocycles. The van der Waals surface area contributed by atoms with Gasteiger partial charge in [0, 0.05) is 11.3 Å². The first-order valence-electron chi connectivity index (χ1n) is 7.54. The zero-order valence-corrected chi connectivity index (χ0v) is 17.0. The third-order valence-corrected chi connectivity index (χ3v) is 4.19. The highest BCUT2D eigenvalue weighted by molar-refractivity contribution is 7.80. The van der Waals surface area contributed by atoms with Crippen LogP contribution in [0.4, 0.5) is 10.1 Å². The van der Waals surface area contributed by atoms with Crippen LogP contribution in [0, 0.1) is 5.82 Å². The number of ether oxygens (including phenoxy) is 1. The lowest BCUT2D eigenvalue weighted by Crippen LogP contribution is -2.56. The lowest BCUT2D eigenvalue weighted by Gasteiger charge is -2.27. The van der Waals surface area contributed by atoms with Gasteiger partial charge in [-0.15, -0.1) is 0 Å². The van der Waals surface area contributed by atoms with Gasteiger partial charge in [0.05, 0.1) is 7.11 Å². The first-order valence-corrected chi connectivity index (χ1v) is 9.08. The van der Waals surface area contributed by atoms with Gasteiger partial charge in [0.15, 0.2) is 5.11 Å². The summed E-state index contributed by atoms with van der Waals surface area (Å²) < 4.78 is 16.1. The van der Waals surface area contributed by atoms with Gasteiger partial charge in [-0.1, -0.05) is 40.9 Å². The summed E-state index contributed by atoms with van der Waals surface area (Å²) in [6.45, 7) is 0. The number of carbonyl (C=O) groups excluding carboxylic acids is 1. The molecule has 0 aliphatic carbocycles. The number of methoxy groups -OCH3 is 1. The molecule has 0 saturated carbocycles. The molecule has 0 heterocycles. The largest absolute Gasteiger partial charge is 0.497 e. The number of benzene rings is 2. The highest BCUT2D eigenvalue weighted by Gasteiger charge is 2.35. The van der Waals surface area contributed by atoms with E-state index in [-0.39, 0.29) is 10.9 Å². The van der Waals surface area contributed by atoms with E-state index in [0.29, 0.717) is 17.0 Å². The molecule has 0 aliphatic rings. The Kier molecular flexibility index (Phi) is 7.49. The quantitative estimate of drug-likeness (QED) is 0.361. The van der Waals surface area contributed by atoms with Crippen LogP contribution in [0.1, 0.15) is 10.4 Å². The van der Waals surface area contributed by atoms with Crippen molar-refractivity contribution in [2.24, 2.45) is 0 Å². The minimum atomic E-state index is -1.90. The second kappa shape index (κ2) is 9.41. The van der Waals surface area contributed by atoms with Crippen LogP contribution >= 0.6 is 47.0 Å². The fraction of sp³-hybridized carbons (Fsp3) is 0.176. The molecule has 0 saturated heterocycles. The van der Waals surface area contributed by atoms with Gasteiger partial charge in [0.2, 0.25) is 3.79 Å². The molecule has 2 aromatic carbocycles. The number of amides is 1. The topological polar surface area (TPSA) is 62.4 Å². The van der Waals surface area contributed by atoms with E-state index < -0.39 is 15.9 Å². The van der Waals surface area contributed by atoms with Crippen molar-refractivity contribution in [3.63, 3.8) is 0 Å². The average molecular weight is 451 g/mol. The first kappa shape index (κ1) is 21.5. The van der Waals surface area contributed by atoms with Crippen molar-refractivity contribution in [2.75, 3.05) is 12.4 Å². The predicted octanol–water partition coefficient (Wildman–Crippen LogP) is 4.25. The summed E-state index contributed by atoms with van der Waals surface area (Å²) in [5.41, 5.74) is 0.837. The molecule has 2 aromatic rings. The summed E-state index contributed by atoms with van der Waals surface area (Å²) in [7, 11) is 1.49. The summed E-state index contributed by atoms with van der Waals surface area (Å²) in [4.78, 5) is 12.5. The van der Waals surface area contributed by atoms with Gasteiger partial charge in [0.25, 0.3) is 5.91 Å². The Hall–Kier alpha value is -1.80. The van der Waals surface area contributed by atoms with Gasteiger partial charge in [-0.2, -0.15) is 0 Å². The fourth-order valence-electron chi connectivity index (χ4n) is 2.01. The molecule has 1 amide bonds. The molecule has 0 radical (unpaired) electrons. The maximum atomic E-state index is 13.0. The fourth-order valence-corrected chi connectivity index (χ4v) is 2.57. The predicted molar refractivity (Wildman–Crippen MR) is 110 cm³/mol. The van der Waals surface area contributed by atoms with E-state index >= 15 is 0 Å². The third-order valence-electron chi connectivity index (χ3n) is 3.31. The number of alkyl halides is 3. The summed E-state index contributed by atoms with van der Waals surface area (Å²) in [5.74, 6) is -0.374. The number of hydrogen-bond acceptors (Lipinski definition) is 3. The molecule has 1 atom stereocenters. The average Bonchev–Trinajstić information content (AvgIpc) is 2.62. The smallest absolute Gasteiger partial charge is 0.253 e. The Labute approximate surface area is 176 Å². The first-order chi connectivity index (χ1) is 12.7. The van der Waals surface area contributed by atoms with Crippen LogP contribution in [0.15, 0.2) is 48.5 Å². The van der Waals surface area contributed by atoms with Gasteiger partial charge in [-0.25, -0.2) is 4.39 Å². The van der Waals surface area contributed by atoms with E-state index in [4.69, 9.17) is 51.8 Å². The van der Waals surface area contributed by atoms with Crippen molar-refractivity contribution < 1.29 is 13.9 Å². The van der Waals surface area contributed by atoms with E-state index in [0.717, 1.165) is 0 Å². The lowest BCUT2D eigenvalue weighted by atomic mass is 10.2. The van der Waals surface area contributed by atoms with Crippen LogP contribution in [0.5, 0.6) is 5.75 Å². The molecule has 0 bridgehead atoms. The molecule has 2 rings (SSSR count). The van der Waals surface area contributed by atoms with Crippen LogP contribution in [0.2, 0.25) is 0 Å². The zero-order chi connectivity index (χ0) is 20.0. The second-order valence-corrected chi connectivity index (χ2v) is 8.06. The van der Waals surface area contributed by atoms with E-state index in [1.807, 2.05) is 0 Å².